The number of benzene rings is 2. The van der Waals surface area contributed by atoms with Gasteiger partial charge in [0.1, 0.15) is 0 Å². The molecule has 2 aromatic carbocycles. The summed E-state index contributed by atoms with van der Waals surface area (Å²) in [7, 11) is 0. The first kappa shape index (κ1) is 15.2. The SMILES string of the molecule is N[C@@H](Cc1ccc(O)c(O)c1)C(=O)Nc1cccc(Cl)c1. The molecule has 0 aromatic heterocycles. The van der Waals surface area contributed by atoms with E-state index in [0.717, 1.165) is 0 Å². The monoisotopic (exact) mass is 306 g/mol. The maximum Gasteiger partial charge on any atom is 0.241 e. The van der Waals surface area contributed by atoms with Crippen molar-refractivity contribution in [2.75, 3.05) is 5.32 Å². The van der Waals surface area contributed by atoms with Crippen LogP contribution in [0.3, 0.4) is 0 Å². The molecule has 2 rings (SSSR count). The molecule has 0 radical (unpaired) electrons. The number of phenols is 2. The third-order valence-corrected chi connectivity index (χ3v) is 3.16. The number of halogens is 1. The second-order valence-electron chi connectivity index (χ2n) is 4.63. The van der Waals surface area contributed by atoms with Gasteiger partial charge in [-0.1, -0.05) is 23.7 Å². The molecule has 0 unspecified atom stereocenters. The van der Waals surface area contributed by atoms with Crippen LogP contribution in [0, 0.1) is 0 Å². The van der Waals surface area contributed by atoms with Crippen LogP contribution in [0.4, 0.5) is 5.69 Å². The molecule has 1 amide bonds. The van der Waals surface area contributed by atoms with E-state index >= 15 is 0 Å². The molecule has 21 heavy (non-hydrogen) atoms. The van der Waals surface area contributed by atoms with E-state index in [-0.39, 0.29) is 23.8 Å². The molecule has 0 aliphatic rings. The normalized spacial score (nSPS) is 11.9. The number of hydrogen-bond acceptors (Lipinski definition) is 4. The van der Waals surface area contributed by atoms with E-state index in [1.54, 1.807) is 30.3 Å². The molecular formula is C15H15ClN2O3. The molecule has 110 valence electrons. The largest absolute Gasteiger partial charge is 0.504 e. The minimum absolute atomic E-state index is 0.212. The first-order chi connectivity index (χ1) is 9.95. The fraction of sp³-hybridized carbons (Fsp3) is 0.133. The lowest BCUT2D eigenvalue weighted by molar-refractivity contribution is -0.117. The molecule has 5 nitrogen and oxygen atoms in total. The number of aromatic hydroxyl groups is 2. The van der Waals surface area contributed by atoms with Crippen LogP contribution in [-0.4, -0.2) is 22.2 Å². The summed E-state index contributed by atoms with van der Waals surface area (Å²) in [5.74, 6) is -0.810. The van der Waals surface area contributed by atoms with Gasteiger partial charge >= 0.3 is 0 Å². The van der Waals surface area contributed by atoms with E-state index in [4.69, 9.17) is 17.3 Å². The molecule has 0 heterocycles. The van der Waals surface area contributed by atoms with Crippen molar-refractivity contribution in [3.05, 3.63) is 53.1 Å². The zero-order valence-electron chi connectivity index (χ0n) is 11.1. The standard InChI is InChI=1S/C15H15ClN2O3/c16-10-2-1-3-11(8-10)18-15(21)12(17)6-9-4-5-13(19)14(20)7-9/h1-5,7-8,12,19-20H,6,17H2,(H,18,21)/t12-/m0/s1. The van der Waals surface area contributed by atoms with Crippen LogP contribution in [-0.2, 0) is 11.2 Å². The van der Waals surface area contributed by atoms with Gasteiger partial charge in [0.2, 0.25) is 5.91 Å². The Hall–Kier alpha value is -2.24. The third kappa shape index (κ3) is 4.11. The number of anilines is 1. The van der Waals surface area contributed by atoms with Crippen LogP contribution in [0.2, 0.25) is 5.02 Å². The van der Waals surface area contributed by atoms with Gasteiger partial charge in [-0.3, -0.25) is 4.79 Å². The molecule has 6 heteroatoms. The van der Waals surface area contributed by atoms with Crippen molar-refractivity contribution >= 4 is 23.2 Å². The van der Waals surface area contributed by atoms with E-state index in [1.165, 1.54) is 12.1 Å². The Balaban J connectivity index is 2.00. The summed E-state index contributed by atoms with van der Waals surface area (Å²) in [6.45, 7) is 0. The summed E-state index contributed by atoms with van der Waals surface area (Å²) in [5.41, 5.74) is 7.05. The number of carbonyl (C=O) groups excluding carboxylic acids is 1. The number of carbonyl (C=O) groups is 1. The van der Waals surface area contributed by atoms with E-state index in [0.29, 0.717) is 16.3 Å². The first-order valence-corrected chi connectivity index (χ1v) is 6.66. The number of amides is 1. The second kappa shape index (κ2) is 6.47. The van der Waals surface area contributed by atoms with Crippen LogP contribution in [0.1, 0.15) is 5.56 Å². The maximum atomic E-state index is 12.0. The van der Waals surface area contributed by atoms with Gasteiger partial charge in [-0.15, -0.1) is 0 Å². The van der Waals surface area contributed by atoms with Crippen LogP contribution >= 0.6 is 11.6 Å². The van der Waals surface area contributed by atoms with Crippen molar-refractivity contribution in [1.29, 1.82) is 0 Å². The van der Waals surface area contributed by atoms with Crippen LogP contribution in [0.15, 0.2) is 42.5 Å². The Morgan fingerprint density at radius 2 is 1.95 bits per heavy atom. The van der Waals surface area contributed by atoms with Crippen LogP contribution < -0.4 is 11.1 Å². The zero-order chi connectivity index (χ0) is 15.4. The van der Waals surface area contributed by atoms with Crippen molar-refractivity contribution in [3.8, 4) is 11.5 Å². The van der Waals surface area contributed by atoms with Gasteiger partial charge in [0.15, 0.2) is 11.5 Å². The molecule has 5 N–H and O–H groups in total. The molecule has 0 aliphatic heterocycles. The third-order valence-electron chi connectivity index (χ3n) is 2.92. The highest BCUT2D eigenvalue weighted by Crippen LogP contribution is 2.25. The van der Waals surface area contributed by atoms with E-state index < -0.39 is 6.04 Å². The van der Waals surface area contributed by atoms with E-state index in [9.17, 15) is 15.0 Å². The van der Waals surface area contributed by atoms with Crippen LogP contribution in [0.5, 0.6) is 11.5 Å². The summed E-state index contributed by atoms with van der Waals surface area (Å²) in [5, 5.41) is 21.8. The Labute approximate surface area is 127 Å². The van der Waals surface area contributed by atoms with Crippen molar-refractivity contribution < 1.29 is 15.0 Å². The number of rotatable bonds is 4. The summed E-state index contributed by atoms with van der Waals surface area (Å²) >= 11 is 5.84. The quantitative estimate of drug-likeness (QED) is 0.652. The van der Waals surface area contributed by atoms with Crippen LogP contribution in [0.25, 0.3) is 0 Å². The number of nitrogens with two attached hydrogens (primary N) is 1. The first-order valence-electron chi connectivity index (χ1n) is 6.28. The van der Waals surface area contributed by atoms with Crippen molar-refractivity contribution in [3.63, 3.8) is 0 Å². The van der Waals surface area contributed by atoms with Gasteiger partial charge in [0.05, 0.1) is 6.04 Å². The highest BCUT2D eigenvalue weighted by atomic mass is 35.5. The highest BCUT2D eigenvalue weighted by Gasteiger charge is 2.15. The summed E-state index contributed by atoms with van der Waals surface area (Å²) in [6.07, 6.45) is 0.236. The average Bonchev–Trinajstić information content (AvgIpc) is 2.43. The van der Waals surface area contributed by atoms with E-state index in [1.807, 2.05) is 0 Å². The predicted molar refractivity (Wildman–Crippen MR) is 81.5 cm³/mol. The Bertz CT molecular complexity index is 661. The maximum absolute atomic E-state index is 12.0. The lowest BCUT2D eigenvalue weighted by Gasteiger charge is -2.13. The summed E-state index contributed by atoms with van der Waals surface area (Å²) < 4.78 is 0. The molecule has 2 aromatic rings. The van der Waals surface area contributed by atoms with Gasteiger partial charge < -0.3 is 21.3 Å². The highest BCUT2D eigenvalue weighted by molar-refractivity contribution is 6.30. The minimum Gasteiger partial charge on any atom is -0.504 e. The van der Waals surface area contributed by atoms with E-state index in [2.05, 4.69) is 5.32 Å². The van der Waals surface area contributed by atoms with Gasteiger partial charge in [0.25, 0.3) is 0 Å². The smallest absolute Gasteiger partial charge is 0.241 e. The Morgan fingerprint density at radius 3 is 2.62 bits per heavy atom. The second-order valence-corrected chi connectivity index (χ2v) is 5.07. The summed E-state index contributed by atoms with van der Waals surface area (Å²) in [6, 6.07) is 10.3. The topological polar surface area (TPSA) is 95.6 Å². The van der Waals surface area contributed by atoms with Gasteiger partial charge in [-0.2, -0.15) is 0 Å². The predicted octanol–water partition coefficient (Wildman–Crippen LogP) is 2.26. The molecule has 0 spiro atoms. The molecule has 0 bridgehead atoms. The van der Waals surface area contributed by atoms with Crippen molar-refractivity contribution in [2.45, 2.75) is 12.5 Å². The molecule has 0 fully saturated rings. The van der Waals surface area contributed by atoms with Crippen molar-refractivity contribution in [1.82, 2.24) is 0 Å². The molecule has 0 saturated carbocycles. The van der Waals surface area contributed by atoms with Gasteiger partial charge in [0, 0.05) is 10.7 Å². The van der Waals surface area contributed by atoms with Crippen molar-refractivity contribution in [2.24, 2.45) is 5.73 Å². The van der Waals surface area contributed by atoms with Gasteiger partial charge in [-0.05, 0) is 42.3 Å². The number of phenolic OH excluding ortho intramolecular Hbond substituents is 2. The lowest BCUT2D eigenvalue weighted by Crippen LogP contribution is -2.37. The number of hydrogen-bond donors (Lipinski definition) is 4. The fourth-order valence-corrected chi connectivity index (χ4v) is 2.03. The fourth-order valence-electron chi connectivity index (χ4n) is 1.84. The summed E-state index contributed by atoms with van der Waals surface area (Å²) in [4.78, 5) is 12.0. The molecular weight excluding hydrogens is 292 g/mol. The minimum atomic E-state index is -0.784. The zero-order valence-corrected chi connectivity index (χ0v) is 11.8. The number of nitrogens with one attached hydrogen (secondary N) is 1. The molecule has 0 aliphatic carbocycles. The lowest BCUT2D eigenvalue weighted by atomic mass is 10.1. The molecule has 1 atom stereocenters. The molecule has 0 saturated heterocycles. The Morgan fingerprint density at radius 1 is 1.19 bits per heavy atom. The Kier molecular flexibility index (Phi) is 4.67. The average molecular weight is 307 g/mol. The van der Waals surface area contributed by atoms with Gasteiger partial charge in [-0.25, -0.2) is 0 Å².